The van der Waals surface area contributed by atoms with Gasteiger partial charge in [0.15, 0.2) is 0 Å². The van der Waals surface area contributed by atoms with E-state index in [1.165, 1.54) is 0 Å². The van der Waals surface area contributed by atoms with Crippen LogP contribution >= 0.6 is 15.9 Å². The summed E-state index contributed by atoms with van der Waals surface area (Å²) < 4.78 is 35.3. The summed E-state index contributed by atoms with van der Waals surface area (Å²) in [4.78, 5) is 12.9. The lowest BCUT2D eigenvalue weighted by Crippen LogP contribution is -2.48. The molecule has 0 saturated carbocycles. The fraction of sp³-hybridized carbons (Fsp3) is 0.471. The van der Waals surface area contributed by atoms with Crippen LogP contribution < -0.4 is 0 Å². The summed E-state index contributed by atoms with van der Waals surface area (Å²) in [6.07, 6.45) is 5.27. The summed E-state index contributed by atoms with van der Waals surface area (Å²) in [7, 11) is -3.72. The number of esters is 1. The second kappa shape index (κ2) is 6.28. The molecule has 130 valence electrons. The van der Waals surface area contributed by atoms with Gasteiger partial charge in [0, 0.05) is 10.4 Å². The Morgan fingerprint density at radius 1 is 1.42 bits per heavy atom. The summed E-state index contributed by atoms with van der Waals surface area (Å²) >= 11 is 3.55. The van der Waals surface area contributed by atoms with Crippen molar-refractivity contribution in [2.24, 2.45) is 5.92 Å². The lowest BCUT2D eigenvalue weighted by atomic mass is 9.76. The van der Waals surface area contributed by atoms with E-state index < -0.39 is 27.6 Å². The molecule has 2 aliphatic rings. The Morgan fingerprint density at radius 3 is 2.83 bits per heavy atom. The van der Waals surface area contributed by atoms with Gasteiger partial charge in [0.05, 0.1) is 12.9 Å². The van der Waals surface area contributed by atoms with Crippen molar-refractivity contribution in [2.75, 3.05) is 12.9 Å². The average molecular weight is 415 g/mol. The van der Waals surface area contributed by atoms with E-state index in [4.69, 9.17) is 8.92 Å². The third-order valence-corrected chi connectivity index (χ3v) is 5.93. The molecule has 5 nitrogen and oxygen atoms in total. The first-order valence-electron chi connectivity index (χ1n) is 7.82. The Bertz CT molecular complexity index is 801. The van der Waals surface area contributed by atoms with Crippen molar-refractivity contribution in [3.05, 3.63) is 46.0 Å². The van der Waals surface area contributed by atoms with Gasteiger partial charge in [0.25, 0.3) is 10.1 Å². The second-order valence-electron chi connectivity index (χ2n) is 6.14. The molecule has 1 aromatic carbocycles. The van der Waals surface area contributed by atoms with Gasteiger partial charge < -0.3 is 4.74 Å². The molecular formula is C17H19BrO5S. The van der Waals surface area contributed by atoms with Crippen LogP contribution in [0.5, 0.6) is 0 Å². The third kappa shape index (κ3) is 2.82. The Hall–Kier alpha value is -1.18. The fourth-order valence-electron chi connectivity index (χ4n) is 3.69. The molecule has 0 heterocycles. The van der Waals surface area contributed by atoms with Crippen molar-refractivity contribution >= 4 is 32.0 Å². The van der Waals surface area contributed by atoms with Crippen LogP contribution in [-0.4, -0.2) is 33.4 Å². The van der Waals surface area contributed by atoms with Crippen LogP contribution in [-0.2, 0) is 35.7 Å². The topological polar surface area (TPSA) is 69.7 Å². The molecule has 2 aliphatic carbocycles. The highest BCUT2D eigenvalue weighted by Gasteiger charge is 2.57. The average Bonchev–Trinajstić information content (AvgIpc) is 2.75. The summed E-state index contributed by atoms with van der Waals surface area (Å²) in [6.45, 7) is 1.95. The van der Waals surface area contributed by atoms with E-state index >= 15 is 0 Å². The number of carbonyl (C=O) groups excluding carboxylic acids is 1. The Labute approximate surface area is 150 Å². The fourth-order valence-corrected chi connectivity index (χ4v) is 4.93. The third-order valence-electron chi connectivity index (χ3n) is 4.63. The van der Waals surface area contributed by atoms with Crippen molar-refractivity contribution < 1.29 is 22.1 Å². The molecule has 1 aromatic rings. The maximum atomic E-state index is 12.9. The van der Waals surface area contributed by atoms with Gasteiger partial charge in [-0.25, -0.2) is 0 Å². The van der Waals surface area contributed by atoms with Crippen molar-refractivity contribution in [3.63, 3.8) is 0 Å². The zero-order valence-corrected chi connectivity index (χ0v) is 15.9. The number of hydrogen-bond donors (Lipinski definition) is 0. The minimum Gasteiger partial charge on any atom is -0.465 e. The van der Waals surface area contributed by atoms with E-state index in [1.54, 1.807) is 13.0 Å². The van der Waals surface area contributed by atoms with Gasteiger partial charge in [-0.3, -0.25) is 8.98 Å². The van der Waals surface area contributed by atoms with Crippen LogP contribution in [0.3, 0.4) is 0 Å². The summed E-state index contributed by atoms with van der Waals surface area (Å²) in [6, 6.07) is 5.62. The van der Waals surface area contributed by atoms with E-state index in [0.717, 1.165) is 28.3 Å². The van der Waals surface area contributed by atoms with Crippen LogP contribution in [0.25, 0.3) is 0 Å². The maximum Gasteiger partial charge on any atom is 0.323 e. The van der Waals surface area contributed by atoms with E-state index in [2.05, 4.69) is 15.9 Å². The second-order valence-corrected chi connectivity index (χ2v) is 8.59. The maximum absolute atomic E-state index is 12.9. The number of ether oxygens (including phenoxy) is 1. The van der Waals surface area contributed by atoms with Gasteiger partial charge >= 0.3 is 5.97 Å². The molecule has 0 saturated heterocycles. The van der Waals surface area contributed by atoms with Crippen molar-refractivity contribution in [3.8, 4) is 0 Å². The molecule has 24 heavy (non-hydrogen) atoms. The van der Waals surface area contributed by atoms with Crippen LogP contribution in [0.15, 0.2) is 34.8 Å². The van der Waals surface area contributed by atoms with Crippen LogP contribution in [0.1, 0.15) is 24.5 Å². The molecule has 0 unspecified atom stereocenters. The van der Waals surface area contributed by atoms with Gasteiger partial charge in [-0.1, -0.05) is 40.2 Å². The highest BCUT2D eigenvalue weighted by Crippen LogP contribution is 2.49. The molecule has 7 heteroatoms. The van der Waals surface area contributed by atoms with Crippen molar-refractivity contribution in [1.82, 2.24) is 0 Å². The highest BCUT2D eigenvalue weighted by molar-refractivity contribution is 9.10. The zero-order chi connectivity index (χ0) is 17.5. The molecule has 0 aliphatic heterocycles. The molecule has 0 N–H and O–H groups in total. The number of benzene rings is 1. The molecule has 0 radical (unpaired) electrons. The number of hydrogen-bond acceptors (Lipinski definition) is 5. The van der Waals surface area contributed by atoms with Crippen LogP contribution in [0.2, 0.25) is 0 Å². The molecular weight excluding hydrogens is 396 g/mol. The van der Waals surface area contributed by atoms with Gasteiger partial charge in [0.2, 0.25) is 0 Å². The lowest BCUT2D eigenvalue weighted by Gasteiger charge is -2.33. The van der Waals surface area contributed by atoms with Gasteiger partial charge in [0.1, 0.15) is 11.5 Å². The SMILES string of the molecule is CCOC(=O)[C@]12C=C[C@H](CCc3c(Br)cccc31)[C@@H]2OS(C)(=O)=O. The van der Waals surface area contributed by atoms with Crippen molar-refractivity contribution in [1.29, 1.82) is 0 Å². The lowest BCUT2D eigenvalue weighted by molar-refractivity contribution is -0.151. The first-order valence-corrected chi connectivity index (χ1v) is 10.4. The first kappa shape index (κ1) is 17.6. The minimum absolute atomic E-state index is 0.163. The highest BCUT2D eigenvalue weighted by atomic mass is 79.9. The number of rotatable bonds is 4. The quantitative estimate of drug-likeness (QED) is 0.430. The molecule has 0 fully saturated rings. The van der Waals surface area contributed by atoms with Crippen LogP contribution in [0.4, 0.5) is 0 Å². The Balaban J connectivity index is 2.23. The normalized spacial score (nSPS) is 28.3. The van der Waals surface area contributed by atoms with Gasteiger partial charge in [-0.05, 0) is 37.0 Å². The van der Waals surface area contributed by atoms with E-state index in [1.807, 2.05) is 24.3 Å². The largest absolute Gasteiger partial charge is 0.465 e. The number of fused-ring (bicyclic) bond motifs is 4. The monoisotopic (exact) mass is 414 g/mol. The zero-order valence-electron chi connectivity index (χ0n) is 13.5. The Morgan fingerprint density at radius 2 is 2.17 bits per heavy atom. The molecule has 3 rings (SSSR count). The standard InChI is InChI=1S/C17H19BrO5S/c1-3-22-16(19)17-10-9-11(15(17)23-24(2,20)21)7-8-12-13(17)5-4-6-14(12)18/h4-6,9-11,15H,3,7-8H2,1-2H3/t11-,15-,17+/m0/s1. The Kier molecular flexibility index (Phi) is 4.61. The molecule has 0 spiro atoms. The molecule has 2 bridgehead atoms. The molecule has 0 amide bonds. The summed E-state index contributed by atoms with van der Waals surface area (Å²) in [5.74, 6) is -0.637. The number of halogens is 1. The van der Waals surface area contributed by atoms with E-state index in [0.29, 0.717) is 6.42 Å². The smallest absolute Gasteiger partial charge is 0.323 e. The van der Waals surface area contributed by atoms with Gasteiger partial charge in [-0.2, -0.15) is 8.42 Å². The van der Waals surface area contributed by atoms with E-state index in [9.17, 15) is 13.2 Å². The first-order chi connectivity index (χ1) is 11.3. The number of carbonyl (C=O) groups is 1. The van der Waals surface area contributed by atoms with Gasteiger partial charge in [-0.15, -0.1) is 0 Å². The van der Waals surface area contributed by atoms with Crippen LogP contribution in [0, 0.1) is 5.92 Å². The minimum atomic E-state index is -3.72. The molecule has 0 aromatic heterocycles. The predicted molar refractivity (Wildman–Crippen MR) is 93.1 cm³/mol. The predicted octanol–water partition coefficient (Wildman–Crippen LogP) is 2.73. The molecule has 3 atom stereocenters. The summed E-state index contributed by atoms with van der Waals surface area (Å²) in [5, 5.41) is 0. The van der Waals surface area contributed by atoms with E-state index in [-0.39, 0.29) is 12.5 Å². The van der Waals surface area contributed by atoms with Crippen molar-refractivity contribution in [2.45, 2.75) is 31.3 Å². The summed E-state index contributed by atoms with van der Waals surface area (Å²) in [5.41, 5.74) is 0.513.